The number of hydrogen-bond acceptors (Lipinski definition) is 6. The molecule has 2 heterocycles. The van der Waals surface area contributed by atoms with Gasteiger partial charge >= 0.3 is 0 Å². The fourth-order valence-electron chi connectivity index (χ4n) is 3.04. The number of hydroxylamine groups is 1. The van der Waals surface area contributed by atoms with Crippen molar-refractivity contribution < 1.29 is 18.8 Å². The van der Waals surface area contributed by atoms with Crippen LogP contribution in [0.25, 0.3) is 6.08 Å². The van der Waals surface area contributed by atoms with E-state index in [9.17, 15) is 13.6 Å². The van der Waals surface area contributed by atoms with Gasteiger partial charge in [0.25, 0.3) is 5.91 Å². The summed E-state index contributed by atoms with van der Waals surface area (Å²) in [4.78, 5) is 21.7. The number of anilines is 1. The molecule has 1 saturated heterocycles. The lowest BCUT2D eigenvalue weighted by Crippen LogP contribution is -2.28. The molecule has 7 nitrogen and oxygen atoms in total. The van der Waals surface area contributed by atoms with E-state index in [1.165, 1.54) is 23.8 Å². The Kier molecular flexibility index (Phi) is 6.62. The molecule has 0 bridgehead atoms. The Morgan fingerprint density at radius 1 is 1.29 bits per heavy atom. The van der Waals surface area contributed by atoms with Gasteiger partial charge in [-0.1, -0.05) is 6.07 Å². The van der Waals surface area contributed by atoms with Crippen molar-refractivity contribution in [1.29, 1.82) is 0 Å². The van der Waals surface area contributed by atoms with E-state index in [0.29, 0.717) is 17.9 Å². The fourth-order valence-corrected chi connectivity index (χ4v) is 3.04. The molecular weight excluding hydrogens is 368 g/mol. The van der Waals surface area contributed by atoms with Crippen LogP contribution < -0.4 is 10.8 Å². The highest BCUT2D eigenvalue weighted by Crippen LogP contribution is 2.16. The smallest absolute Gasteiger partial charge is 0.267 e. The predicted molar refractivity (Wildman–Crippen MR) is 99.5 cm³/mol. The van der Waals surface area contributed by atoms with Crippen molar-refractivity contribution in [2.45, 2.75) is 18.9 Å². The zero-order valence-corrected chi connectivity index (χ0v) is 15.1. The zero-order chi connectivity index (χ0) is 19.9. The summed E-state index contributed by atoms with van der Waals surface area (Å²) < 4.78 is 26.3. The number of carbonyl (C=O) groups is 1. The van der Waals surface area contributed by atoms with Gasteiger partial charge in [0.1, 0.15) is 5.82 Å². The highest BCUT2D eigenvalue weighted by Gasteiger charge is 2.22. The molecule has 28 heavy (non-hydrogen) atoms. The number of likely N-dealkylation sites (tertiary alicyclic amines) is 1. The summed E-state index contributed by atoms with van der Waals surface area (Å²) in [6.45, 7) is 2.50. The second kappa shape index (κ2) is 9.34. The van der Waals surface area contributed by atoms with Crippen molar-refractivity contribution in [2.24, 2.45) is 0 Å². The first-order valence-electron chi connectivity index (χ1n) is 8.90. The monoisotopic (exact) mass is 389 g/mol. The van der Waals surface area contributed by atoms with Gasteiger partial charge in [-0.05, 0) is 36.6 Å². The van der Waals surface area contributed by atoms with Gasteiger partial charge in [-0.3, -0.25) is 15.0 Å². The van der Waals surface area contributed by atoms with E-state index in [-0.39, 0.29) is 6.04 Å². The van der Waals surface area contributed by atoms with Gasteiger partial charge in [-0.25, -0.2) is 19.2 Å². The van der Waals surface area contributed by atoms with E-state index in [0.717, 1.165) is 43.8 Å². The molecule has 0 aliphatic carbocycles. The molecule has 1 atom stereocenters. The van der Waals surface area contributed by atoms with Gasteiger partial charge < -0.3 is 10.2 Å². The SMILES string of the molecule is O=C(/C=C/c1cnc(N[C@@H]2CCN(CCc3ccc(F)c(F)c3)C2)cn1)NO. The molecule has 0 unspecified atom stereocenters. The Morgan fingerprint density at radius 2 is 2.14 bits per heavy atom. The summed E-state index contributed by atoms with van der Waals surface area (Å²) >= 11 is 0. The Hall–Kier alpha value is -2.91. The third-order valence-electron chi connectivity index (χ3n) is 4.51. The van der Waals surface area contributed by atoms with E-state index in [2.05, 4.69) is 20.2 Å². The van der Waals surface area contributed by atoms with Gasteiger partial charge in [0.15, 0.2) is 11.6 Å². The van der Waals surface area contributed by atoms with Crippen molar-refractivity contribution >= 4 is 17.8 Å². The lowest BCUT2D eigenvalue weighted by atomic mass is 10.1. The number of amides is 1. The van der Waals surface area contributed by atoms with Crippen LogP contribution in [0.3, 0.4) is 0 Å². The molecule has 1 fully saturated rings. The Labute approximate surface area is 161 Å². The van der Waals surface area contributed by atoms with Crippen molar-refractivity contribution in [1.82, 2.24) is 20.3 Å². The number of rotatable bonds is 7. The average Bonchev–Trinajstić information content (AvgIpc) is 3.15. The average molecular weight is 389 g/mol. The first-order chi connectivity index (χ1) is 13.5. The van der Waals surface area contributed by atoms with E-state index in [1.807, 2.05) is 0 Å². The molecule has 1 aliphatic heterocycles. The number of carbonyl (C=O) groups excluding carboxylic acids is 1. The summed E-state index contributed by atoms with van der Waals surface area (Å²) in [5.74, 6) is -1.64. The van der Waals surface area contributed by atoms with Gasteiger partial charge in [0, 0.05) is 31.8 Å². The first kappa shape index (κ1) is 19.8. The Bertz CT molecular complexity index is 845. The lowest BCUT2D eigenvalue weighted by molar-refractivity contribution is -0.124. The van der Waals surface area contributed by atoms with Crippen molar-refractivity contribution in [3.8, 4) is 0 Å². The molecule has 148 valence electrons. The summed E-state index contributed by atoms with van der Waals surface area (Å²) in [5, 5.41) is 11.8. The van der Waals surface area contributed by atoms with Crippen LogP contribution in [0.1, 0.15) is 17.7 Å². The molecule has 3 rings (SSSR count). The van der Waals surface area contributed by atoms with Crippen molar-refractivity contribution in [2.75, 3.05) is 25.0 Å². The van der Waals surface area contributed by atoms with Gasteiger partial charge in [-0.15, -0.1) is 0 Å². The van der Waals surface area contributed by atoms with Crippen LogP contribution >= 0.6 is 0 Å². The highest BCUT2D eigenvalue weighted by molar-refractivity contribution is 5.90. The van der Waals surface area contributed by atoms with Crippen LogP contribution in [-0.2, 0) is 11.2 Å². The molecule has 9 heteroatoms. The maximum Gasteiger partial charge on any atom is 0.267 e. The predicted octanol–water partition coefficient (Wildman–Crippen LogP) is 2.00. The van der Waals surface area contributed by atoms with Crippen molar-refractivity contribution in [3.05, 3.63) is 59.6 Å². The van der Waals surface area contributed by atoms with Crippen LogP contribution in [0.15, 0.2) is 36.7 Å². The van der Waals surface area contributed by atoms with Crippen LogP contribution in [0.2, 0.25) is 0 Å². The van der Waals surface area contributed by atoms with Crippen LogP contribution in [0.4, 0.5) is 14.6 Å². The van der Waals surface area contributed by atoms with E-state index in [4.69, 9.17) is 5.21 Å². The summed E-state index contributed by atoms with van der Waals surface area (Å²) in [7, 11) is 0. The van der Waals surface area contributed by atoms with Gasteiger partial charge in [0.05, 0.1) is 18.1 Å². The minimum absolute atomic E-state index is 0.223. The summed E-state index contributed by atoms with van der Waals surface area (Å²) in [6, 6.07) is 4.24. The second-order valence-corrected chi connectivity index (χ2v) is 6.56. The van der Waals surface area contributed by atoms with E-state index < -0.39 is 17.5 Å². The topological polar surface area (TPSA) is 90.4 Å². The quantitative estimate of drug-likeness (QED) is 0.381. The number of nitrogens with zero attached hydrogens (tertiary/aromatic N) is 3. The van der Waals surface area contributed by atoms with Crippen LogP contribution in [0.5, 0.6) is 0 Å². The summed E-state index contributed by atoms with van der Waals surface area (Å²) in [5.41, 5.74) is 2.77. The minimum Gasteiger partial charge on any atom is -0.365 e. The molecular formula is C19H21F2N5O2. The summed E-state index contributed by atoms with van der Waals surface area (Å²) in [6.07, 6.45) is 7.31. The Balaban J connectivity index is 1.45. The number of benzene rings is 1. The number of halogens is 2. The molecule has 1 amide bonds. The molecule has 0 radical (unpaired) electrons. The highest BCUT2D eigenvalue weighted by atomic mass is 19.2. The van der Waals surface area contributed by atoms with Gasteiger partial charge in [-0.2, -0.15) is 0 Å². The molecule has 1 aromatic carbocycles. The Morgan fingerprint density at radius 3 is 2.86 bits per heavy atom. The normalized spacial score (nSPS) is 17.2. The van der Waals surface area contributed by atoms with E-state index in [1.54, 1.807) is 12.3 Å². The maximum atomic E-state index is 13.3. The number of nitrogens with one attached hydrogen (secondary N) is 2. The molecule has 2 aromatic rings. The van der Waals surface area contributed by atoms with Crippen molar-refractivity contribution in [3.63, 3.8) is 0 Å². The zero-order valence-electron chi connectivity index (χ0n) is 15.1. The minimum atomic E-state index is -0.825. The number of aromatic nitrogens is 2. The van der Waals surface area contributed by atoms with Gasteiger partial charge in [0.2, 0.25) is 0 Å². The maximum absolute atomic E-state index is 13.3. The largest absolute Gasteiger partial charge is 0.365 e. The van der Waals surface area contributed by atoms with Crippen LogP contribution in [0, 0.1) is 11.6 Å². The van der Waals surface area contributed by atoms with Crippen LogP contribution in [-0.4, -0.2) is 51.7 Å². The molecule has 3 N–H and O–H groups in total. The molecule has 0 saturated carbocycles. The van der Waals surface area contributed by atoms with E-state index >= 15 is 0 Å². The molecule has 1 aliphatic rings. The molecule has 0 spiro atoms. The second-order valence-electron chi connectivity index (χ2n) is 6.56. The third kappa shape index (κ3) is 5.54. The number of hydrogen-bond donors (Lipinski definition) is 3. The third-order valence-corrected chi connectivity index (χ3v) is 4.51. The fraction of sp³-hybridized carbons (Fsp3) is 0.316. The lowest BCUT2D eigenvalue weighted by Gasteiger charge is -2.17. The molecule has 1 aromatic heterocycles. The first-order valence-corrected chi connectivity index (χ1v) is 8.90. The standard InChI is InChI=1S/C19H21F2N5O2/c20-16-3-1-13(9-17(16)21)5-7-26-8-6-15(12-26)24-18-11-22-14(10-23-18)2-4-19(27)25-28/h1-4,9-11,15,28H,5-8,12H2,(H,23,24)(H,25,27)/b4-2+/t15-/m1/s1.